The number of halogens is 2. The highest BCUT2D eigenvalue weighted by Crippen LogP contribution is 2.50. The van der Waals surface area contributed by atoms with Gasteiger partial charge in [-0.15, -0.1) is 0 Å². The highest BCUT2D eigenvalue weighted by Gasteiger charge is 2.45. The third-order valence-electron chi connectivity index (χ3n) is 3.61. The van der Waals surface area contributed by atoms with Crippen LogP contribution in [0, 0.1) is 5.82 Å². The Morgan fingerprint density at radius 2 is 2.19 bits per heavy atom. The quantitative estimate of drug-likeness (QED) is 0.757. The average molecular weight is 242 g/mol. The normalized spacial score (nSPS) is 25.8. The van der Waals surface area contributed by atoms with Crippen LogP contribution in [0.4, 0.5) is 4.39 Å². The van der Waals surface area contributed by atoms with Gasteiger partial charge in [-0.1, -0.05) is 11.6 Å². The third kappa shape index (κ3) is 1.42. The summed E-state index contributed by atoms with van der Waals surface area (Å²) in [6, 6.07) is 2.54. The van der Waals surface area contributed by atoms with Crippen molar-refractivity contribution in [2.75, 3.05) is 0 Å². The van der Waals surface area contributed by atoms with Gasteiger partial charge in [0.15, 0.2) is 0 Å². The highest BCUT2D eigenvalue weighted by atomic mass is 35.5. The lowest BCUT2D eigenvalue weighted by molar-refractivity contribution is -0.0329. The maximum Gasteiger partial charge on any atom is 0.143 e. The minimum Gasteiger partial charge on any atom is -0.485 e. The summed E-state index contributed by atoms with van der Waals surface area (Å²) in [5.41, 5.74) is 6.63. The molecule has 86 valence electrons. The Kier molecular flexibility index (Phi) is 2.17. The fourth-order valence-corrected chi connectivity index (χ4v) is 2.86. The zero-order valence-electron chi connectivity index (χ0n) is 8.80. The molecule has 1 atom stereocenters. The minimum absolute atomic E-state index is 0.131. The molecule has 1 aliphatic carbocycles. The first-order chi connectivity index (χ1) is 7.60. The molecule has 0 saturated heterocycles. The molecule has 0 bridgehead atoms. The van der Waals surface area contributed by atoms with Crippen molar-refractivity contribution in [2.45, 2.75) is 37.3 Å². The van der Waals surface area contributed by atoms with E-state index in [1.54, 1.807) is 0 Å². The molecule has 2 aliphatic rings. The monoisotopic (exact) mass is 241 g/mol. The summed E-state index contributed by atoms with van der Waals surface area (Å²) in [6.07, 6.45) is 3.97. The minimum atomic E-state index is -0.354. The Labute approximate surface area is 98.5 Å². The Morgan fingerprint density at radius 3 is 2.81 bits per heavy atom. The Hall–Kier alpha value is -0.800. The molecule has 0 amide bonds. The van der Waals surface area contributed by atoms with Gasteiger partial charge in [0.1, 0.15) is 17.2 Å². The molecule has 1 aromatic carbocycles. The van der Waals surface area contributed by atoms with Crippen LogP contribution in [0.3, 0.4) is 0 Å². The molecule has 0 radical (unpaired) electrons. The number of nitrogens with two attached hydrogens (primary N) is 1. The van der Waals surface area contributed by atoms with Gasteiger partial charge in [0.25, 0.3) is 0 Å². The van der Waals surface area contributed by atoms with Crippen molar-refractivity contribution in [3.63, 3.8) is 0 Å². The molecule has 4 heteroatoms. The van der Waals surface area contributed by atoms with E-state index in [4.69, 9.17) is 22.1 Å². The first kappa shape index (κ1) is 10.4. The van der Waals surface area contributed by atoms with Crippen molar-refractivity contribution in [3.8, 4) is 5.75 Å². The first-order valence-corrected chi connectivity index (χ1v) is 5.91. The molecule has 2 N–H and O–H groups in total. The van der Waals surface area contributed by atoms with Crippen LogP contribution in [0.15, 0.2) is 12.1 Å². The zero-order valence-corrected chi connectivity index (χ0v) is 9.56. The fraction of sp³-hybridized carbons (Fsp3) is 0.500. The smallest absolute Gasteiger partial charge is 0.143 e. The molecule has 1 fully saturated rings. The number of fused-ring (bicyclic) bond motifs is 1. The molecule has 1 saturated carbocycles. The molecular formula is C12H13ClFNO. The van der Waals surface area contributed by atoms with E-state index < -0.39 is 0 Å². The molecule has 1 heterocycles. The molecule has 1 aromatic rings. The largest absolute Gasteiger partial charge is 0.485 e. The lowest BCUT2D eigenvalue weighted by Crippen LogP contribution is -2.48. The molecule has 1 spiro atoms. The summed E-state index contributed by atoms with van der Waals surface area (Å²) in [5.74, 6) is 0.230. The van der Waals surface area contributed by atoms with E-state index in [-0.39, 0.29) is 17.5 Å². The van der Waals surface area contributed by atoms with Crippen molar-refractivity contribution in [1.82, 2.24) is 0 Å². The van der Waals surface area contributed by atoms with Gasteiger partial charge in [0.2, 0.25) is 0 Å². The van der Waals surface area contributed by atoms with E-state index in [2.05, 4.69) is 0 Å². The highest BCUT2D eigenvalue weighted by molar-refractivity contribution is 6.32. The van der Waals surface area contributed by atoms with E-state index in [1.807, 2.05) is 0 Å². The van der Waals surface area contributed by atoms with Gasteiger partial charge >= 0.3 is 0 Å². The molecule has 2 nitrogen and oxygen atoms in total. The van der Waals surface area contributed by atoms with Crippen LogP contribution >= 0.6 is 11.6 Å². The van der Waals surface area contributed by atoms with E-state index in [9.17, 15) is 4.39 Å². The number of ether oxygens (including phenoxy) is 1. The number of benzene rings is 1. The van der Waals surface area contributed by atoms with Crippen LogP contribution in [0.1, 0.15) is 37.3 Å². The predicted octanol–water partition coefficient (Wildman–Crippen LogP) is 3.18. The second-order valence-corrected chi connectivity index (χ2v) is 5.16. The number of hydrogen-bond acceptors (Lipinski definition) is 2. The molecule has 16 heavy (non-hydrogen) atoms. The second-order valence-electron chi connectivity index (χ2n) is 4.76. The van der Waals surface area contributed by atoms with E-state index >= 15 is 0 Å². The lowest BCUT2D eigenvalue weighted by Gasteiger charge is -2.47. The fourth-order valence-electron chi connectivity index (χ4n) is 2.61. The van der Waals surface area contributed by atoms with Crippen molar-refractivity contribution in [1.29, 1.82) is 0 Å². The molecule has 3 rings (SSSR count). The van der Waals surface area contributed by atoms with Gasteiger partial charge in [-0.2, -0.15) is 0 Å². The van der Waals surface area contributed by atoms with Crippen LogP contribution in [-0.2, 0) is 0 Å². The van der Waals surface area contributed by atoms with Crippen molar-refractivity contribution in [2.24, 2.45) is 5.73 Å². The van der Waals surface area contributed by atoms with Crippen molar-refractivity contribution < 1.29 is 9.13 Å². The molecule has 1 unspecified atom stereocenters. The summed E-state index contributed by atoms with van der Waals surface area (Å²) in [4.78, 5) is 0. The molecule has 1 aliphatic heterocycles. The SMILES string of the molecule is NC1CC2(CCC2)Oc2c(Cl)cc(F)cc21. The Balaban J connectivity index is 2.07. The van der Waals surface area contributed by atoms with Crippen LogP contribution in [0.25, 0.3) is 0 Å². The second kappa shape index (κ2) is 3.34. The van der Waals surface area contributed by atoms with Crippen LogP contribution < -0.4 is 10.5 Å². The van der Waals surface area contributed by atoms with E-state index in [0.29, 0.717) is 16.3 Å². The van der Waals surface area contributed by atoms with Gasteiger partial charge in [0.05, 0.1) is 5.02 Å². The third-order valence-corrected chi connectivity index (χ3v) is 3.89. The van der Waals surface area contributed by atoms with Gasteiger partial charge in [-0.25, -0.2) is 4.39 Å². The maximum atomic E-state index is 13.2. The van der Waals surface area contributed by atoms with E-state index in [1.165, 1.54) is 18.6 Å². The van der Waals surface area contributed by atoms with Gasteiger partial charge in [0, 0.05) is 18.0 Å². The topological polar surface area (TPSA) is 35.2 Å². The maximum absolute atomic E-state index is 13.2. The van der Waals surface area contributed by atoms with E-state index in [0.717, 1.165) is 19.3 Å². The summed E-state index contributed by atoms with van der Waals surface area (Å²) < 4.78 is 19.2. The number of hydrogen-bond donors (Lipinski definition) is 1. The van der Waals surface area contributed by atoms with Crippen LogP contribution in [0.5, 0.6) is 5.75 Å². The van der Waals surface area contributed by atoms with Gasteiger partial charge in [-0.3, -0.25) is 0 Å². The Bertz CT molecular complexity index is 445. The lowest BCUT2D eigenvalue weighted by atomic mass is 9.73. The van der Waals surface area contributed by atoms with Gasteiger partial charge < -0.3 is 10.5 Å². The average Bonchev–Trinajstić information content (AvgIpc) is 2.17. The summed E-state index contributed by atoms with van der Waals surface area (Å²) in [5, 5.41) is 0.330. The molecular weight excluding hydrogens is 229 g/mol. The Morgan fingerprint density at radius 1 is 1.44 bits per heavy atom. The van der Waals surface area contributed by atoms with Crippen molar-refractivity contribution >= 4 is 11.6 Å². The predicted molar refractivity (Wildman–Crippen MR) is 60.2 cm³/mol. The molecule has 0 aromatic heterocycles. The van der Waals surface area contributed by atoms with Crippen LogP contribution in [0.2, 0.25) is 5.02 Å². The summed E-state index contributed by atoms with van der Waals surface area (Å²) >= 11 is 6.00. The first-order valence-electron chi connectivity index (χ1n) is 5.53. The van der Waals surface area contributed by atoms with Crippen LogP contribution in [-0.4, -0.2) is 5.60 Å². The zero-order chi connectivity index (χ0) is 11.3. The number of rotatable bonds is 0. The van der Waals surface area contributed by atoms with Gasteiger partial charge in [-0.05, 0) is 31.4 Å². The van der Waals surface area contributed by atoms with Crippen molar-refractivity contribution in [3.05, 3.63) is 28.5 Å². The summed E-state index contributed by atoms with van der Waals surface area (Å²) in [7, 11) is 0. The standard InChI is InChI=1S/C12H13ClFNO/c13-9-5-7(14)4-8-10(15)6-12(2-1-3-12)16-11(8)9/h4-5,10H,1-3,6,15H2. The summed E-state index contributed by atoms with van der Waals surface area (Å²) in [6.45, 7) is 0.